The minimum atomic E-state index is -0.806. The smallest absolute Gasteiger partial charge is 0.0925 e. The van der Waals surface area contributed by atoms with Gasteiger partial charge in [-0.25, -0.2) is 0 Å². The molecule has 0 saturated heterocycles. The van der Waals surface area contributed by atoms with Gasteiger partial charge in [0.25, 0.3) is 0 Å². The second-order valence-electron chi connectivity index (χ2n) is 5.05. The lowest BCUT2D eigenvalue weighted by molar-refractivity contribution is -0.0801. The molecule has 0 aromatic heterocycles. The van der Waals surface area contributed by atoms with Crippen molar-refractivity contribution in [2.45, 2.75) is 32.8 Å². The SMILES string of the molecule is COCC(C)(O)C1(CN)CC1(C)C. The van der Waals surface area contributed by atoms with Crippen molar-refractivity contribution in [1.29, 1.82) is 0 Å². The molecule has 0 aromatic rings. The van der Waals surface area contributed by atoms with Gasteiger partial charge in [-0.2, -0.15) is 0 Å². The largest absolute Gasteiger partial charge is 0.387 e. The first-order chi connectivity index (χ1) is 5.83. The number of nitrogens with two attached hydrogens (primary N) is 1. The predicted molar refractivity (Wildman–Crippen MR) is 52.4 cm³/mol. The highest BCUT2D eigenvalue weighted by molar-refractivity contribution is 5.18. The number of ether oxygens (including phenoxy) is 1. The van der Waals surface area contributed by atoms with Crippen LogP contribution in [0.3, 0.4) is 0 Å². The van der Waals surface area contributed by atoms with Crippen molar-refractivity contribution in [3.63, 3.8) is 0 Å². The van der Waals surface area contributed by atoms with Crippen LogP contribution in [0.1, 0.15) is 27.2 Å². The highest BCUT2D eigenvalue weighted by Gasteiger charge is 2.68. The van der Waals surface area contributed by atoms with E-state index >= 15 is 0 Å². The molecule has 78 valence electrons. The van der Waals surface area contributed by atoms with Crippen LogP contribution < -0.4 is 5.73 Å². The summed E-state index contributed by atoms with van der Waals surface area (Å²) < 4.78 is 5.02. The molecule has 3 nitrogen and oxygen atoms in total. The molecule has 0 heterocycles. The van der Waals surface area contributed by atoms with Gasteiger partial charge in [-0.1, -0.05) is 13.8 Å². The summed E-state index contributed by atoms with van der Waals surface area (Å²) in [6.07, 6.45) is 0.979. The highest BCUT2D eigenvalue weighted by Crippen LogP contribution is 2.68. The molecular formula is C10H21NO2. The molecule has 0 aromatic carbocycles. The fraction of sp³-hybridized carbons (Fsp3) is 1.00. The van der Waals surface area contributed by atoms with Crippen molar-refractivity contribution < 1.29 is 9.84 Å². The van der Waals surface area contributed by atoms with Gasteiger partial charge in [0.1, 0.15) is 0 Å². The minimum absolute atomic E-state index is 0.143. The van der Waals surface area contributed by atoms with Crippen LogP contribution >= 0.6 is 0 Å². The van der Waals surface area contributed by atoms with Crippen molar-refractivity contribution in [3.8, 4) is 0 Å². The van der Waals surface area contributed by atoms with Crippen molar-refractivity contribution in [1.82, 2.24) is 0 Å². The van der Waals surface area contributed by atoms with Crippen LogP contribution in [0.4, 0.5) is 0 Å². The van der Waals surface area contributed by atoms with Crippen molar-refractivity contribution in [2.24, 2.45) is 16.6 Å². The van der Waals surface area contributed by atoms with Crippen molar-refractivity contribution >= 4 is 0 Å². The molecule has 2 atom stereocenters. The zero-order valence-electron chi connectivity index (χ0n) is 9.05. The molecule has 1 aliphatic rings. The van der Waals surface area contributed by atoms with E-state index in [-0.39, 0.29) is 10.8 Å². The van der Waals surface area contributed by atoms with E-state index in [2.05, 4.69) is 13.8 Å². The third kappa shape index (κ3) is 1.39. The summed E-state index contributed by atoms with van der Waals surface area (Å²) in [5.74, 6) is 0. The van der Waals surface area contributed by atoms with Crippen LogP contribution in [0.2, 0.25) is 0 Å². The van der Waals surface area contributed by atoms with Crippen LogP contribution in [0, 0.1) is 10.8 Å². The first kappa shape index (κ1) is 11.0. The molecule has 1 fully saturated rings. The lowest BCUT2D eigenvalue weighted by atomic mass is 9.80. The lowest BCUT2D eigenvalue weighted by Gasteiger charge is -2.34. The number of aliphatic hydroxyl groups is 1. The van der Waals surface area contributed by atoms with Gasteiger partial charge >= 0.3 is 0 Å². The van der Waals surface area contributed by atoms with E-state index in [1.807, 2.05) is 6.92 Å². The first-order valence-electron chi connectivity index (χ1n) is 4.74. The lowest BCUT2D eigenvalue weighted by Crippen LogP contribution is -2.47. The Kier molecular flexibility index (Phi) is 2.48. The average molecular weight is 187 g/mol. The van der Waals surface area contributed by atoms with Crippen LogP contribution in [0.15, 0.2) is 0 Å². The molecular weight excluding hydrogens is 166 g/mol. The van der Waals surface area contributed by atoms with E-state index in [1.165, 1.54) is 0 Å². The summed E-state index contributed by atoms with van der Waals surface area (Å²) in [5.41, 5.74) is 4.93. The molecule has 2 unspecified atom stereocenters. The van der Waals surface area contributed by atoms with Crippen LogP contribution in [0.25, 0.3) is 0 Å². The summed E-state index contributed by atoms with van der Waals surface area (Å²) in [6, 6.07) is 0. The third-order valence-corrected chi connectivity index (χ3v) is 3.72. The minimum Gasteiger partial charge on any atom is -0.387 e. The molecule has 1 saturated carbocycles. The summed E-state index contributed by atoms with van der Waals surface area (Å²) in [7, 11) is 1.61. The number of hydrogen-bond acceptors (Lipinski definition) is 3. The van der Waals surface area contributed by atoms with Gasteiger partial charge in [0, 0.05) is 19.1 Å². The quantitative estimate of drug-likeness (QED) is 0.683. The van der Waals surface area contributed by atoms with Crippen LogP contribution in [-0.4, -0.2) is 31.0 Å². The Morgan fingerprint density at radius 2 is 2.00 bits per heavy atom. The maximum absolute atomic E-state index is 10.2. The van der Waals surface area contributed by atoms with E-state index < -0.39 is 5.60 Å². The standard InChI is InChI=1S/C10H21NO2/c1-8(2)5-10(8,6-11)9(3,12)7-13-4/h12H,5-7,11H2,1-4H3. The van der Waals surface area contributed by atoms with E-state index in [1.54, 1.807) is 7.11 Å². The summed E-state index contributed by atoms with van der Waals surface area (Å²) in [6.45, 7) is 6.98. The van der Waals surface area contributed by atoms with Gasteiger partial charge in [0.2, 0.25) is 0 Å². The highest BCUT2D eigenvalue weighted by atomic mass is 16.5. The fourth-order valence-electron chi connectivity index (χ4n) is 2.62. The molecule has 3 heteroatoms. The summed E-state index contributed by atoms with van der Waals surface area (Å²) in [5, 5.41) is 10.2. The molecule has 13 heavy (non-hydrogen) atoms. The number of hydrogen-bond donors (Lipinski definition) is 2. The molecule has 0 aliphatic heterocycles. The molecule has 1 aliphatic carbocycles. The van der Waals surface area contributed by atoms with Gasteiger partial charge in [0.05, 0.1) is 12.2 Å². The molecule has 0 spiro atoms. The van der Waals surface area contributed by atoms with Gasteiger partial charge < -0.3 is 15.6 Å². The van der Waals surface area contributed by atoms with Gasteiger partial charge in [-0.3, -0.25) is 0 Å². The van der Waals surface area contributed by atoms with E-state index in [0.717, 1.165) is 6.42 Å². The Labute approximate surface area is 80.3 Å². The topological polar surface area (TPSA) is 55.5 Å². The Morgan fingerprint density at radius 1 is 1.54 bits per heavy atom. The van der Waals surface area contributed by atoms with E-state index in [0.29, 0.717) is 13.2 Å². The van der Waals surface area contributed by atoms with Crippen molar-refractivity contribution in [3.05, 3.63) is 0 Å². The van der Waals surface area contributed by atoms with E-state index in [4.69, 9.17) is 10.5 Å². The summed E-state index contributed by atoms with van der Waals surface area (Å²) in [4.78, 5) is 0. The Bertz CT molecular complexity index is 201. The molecule has 0 bridgehead atoms. The van der Waals surface area contributed by atoms with Crippen LogP contribution in [-0.2, 0) is 4.74 Å². The second kappa shape index (κ2) is 2.94. The zero-order chi connectivity index (χ0) is 10.3. The number of methoxy groups -OCH3 is 1. The van der Waals surface area contributed by atoms with E-state index in [9.17, 15) is 5.11 Å². The molecule has 0 radical (unpaired) electrons. The monoisotopic (exact) mass is 187 g/mol. The molecule has 3 N–H and O–H groups in total. The Morgan fingerprint density at radius 3 is 2.23 bits per heavy atom. The maximum Gasteiger partial charge on any atom is 0.0925 e. The maximum atomic E-state index is 10.2. The average Bonchev–Trinajstić information content (AvgIpc) is 2.55. The number of rotatable bonds is 4. The summed E-state index contributed by atoms with van der Waals surface area (Å²) >= 11 is 0. The van der Waals surface area contributed by atoms with Gasteiger partial charge in [0.15, 0.2) is 0 Å². The Balaban J connectivity index is 2.80. The molecule has 1 rings (SSSR count). The Hall–Kier alpha value is -0.120. The predicted octanol–water partition coefficient (Wildman–Crippen LogP) is 0.759. The first-order valence-corrected chi connectivity index (χ1v) is 4.74. The van der Waals surface area contributed by atoms with Crippen molar-refractivity contribution in [2.75, 3.05) is 20.3 Å². The van der Waals surface area contributed by atoms with Gasteiger partial charge in [-0.05, 0) is 18.8 Å². The second-order valence-corrected chi connectivity index (χ2v) is 5.05. The molecule has 0 amide bonds. The van der Waals surface area contributed by atoms with Crippen LogP contribution in [0.5, 0.6) is 0 Å². The zero-order valence-corrected chi connectivity index (χ0v) is 9.05. The third-order valence-electron chi connectivity index (χ3n) is 3.72. The normalized spacial score (nSPS) is 35.5. The van der Waals surface area contributed by atoms with Gasteiger partial charge in [-0.15, -0.1) is 0 Å². The fourth-order valence-corrected chi connectivity index (χ4v) is 2.62.